The Balaban J connectivity index is 2.01. The molecule has 0 saturated heterocycles. The number of hydrogen-bond acceptors (Lipinski definition) is 6. The van der Waals surface area contributed by atoms with Crippen LogP contribution in [0.3, 0.4) is 0 Å². The van der Waals surface area contributed by atoms with Gasteiger partial charge in [0.25, 0.3) is 0 Å². The fraction of sp³-hybridized carbons (Fsp3) is 0.357. The highest BCUT2D eigenvalue weighted by atomic mass is 35.5. The van der Waals surface area contributed by atoms with Crippen molar-refractivity contribution in [1.82, 2.24) is 15.0 Å². The van der Waals surface area contributed by atoms with Crippen molar-refractivity contribution in [2.45, 2.75) is 26.1 Å². The predicted octanol–water partition coefficient (Wildman–Crippen LogP) is 3.31. The minimum atomic E-state index is -4.49. The maximum Gasteiger partial charge on any atom is 0.416 e. The maximum absolute atomic E-state index is 12.7. The summed E-state index contributed by atoms with van der Waals surface area (Å²) in [6.07, 6.45) is -4.49. The van der Waals surface area contributed by atoms with Crippen LogP contribution in [0.2, 0.25) is 5.02 Å². The number of nitrogen functional groups attached to an aromatic ring is 1. The number of anilines is 2. The minimum absolute atomic E-state index is 0.0230. The van der Waals surface area contributed by atoms with Crippen molar-refractivity contribution in [3.05, 3.63) is 34.6 Å². The van der Waals surface area contributed by atoms with Crippen molar-refractivity contribution >= 4 is 23.5 Å². The number of nitrogens with one attached hydrogen (secondary N) is 1. The first-order valence-electron chi connectivity index (χ1n) is 6.89. The molecule has 24 heavy (non-hydrogen) atoms. The number of alkyl halides is 3. The predicted molar refractivity (Wildman–Crippen MR) is 84.0 cm³/mol. The molecule has 0 aliphatic rings. The van der Waals surface area contributed by atoms with Crippen molar-refractivity contribution in [2.75, 3.05) is 17.7 Å². The van der Waals surface area contributed by atoms with Crippen LogP contribution in [0.25, 0.3) is 0 Å². The molecule has 0 spiro atoms. The zero-order valence-corrected chi connectivity index (χ0v) is 13.6. The van der Waals surface area contributed by atoms with E-state index >= 15 is 0 Å². The maximum atomic E-state index is 12.7. The highest BCUT2D eigenvalue weighted by Crippen LogP contribution is 2.34. The second kappa shape index (κ2) is 7.08. The fourth-order valence-electron chi connectivity index (χ4n) is 1.86. The molecule has 0 fully saturated rings. The molecule has 1 atom stereocenters. The van der Waals surface area contributed by atoms with E-state index in [4.69, 9.17) is 22.1 Å². The van der Waals surface area contributed by atoms with Crippen molar-refractivity contribution in [3.63, 3.8) is 0 Å². The normalized spacial score (nSPS) is 12.8. The average Bonchev–Trinajstić information content (AvgIpc) is 2.42. The van der Waals surface area contributed by atoms with Crippen LogP contribution in [0.4, 0.5) is 25.1 Å². The van der Waals surface area contributed by atoms with Crippen LogP contribution in [0.1, 0.15) is 18.3 Å². The quantitative estimate of drug-likeness (QED) is 0.849. The Morgan fingerprint density at radius 2 is 1.96 bits per heavy atom. The van der Waals surface area contributed by atoms with E-state index in [-0.39, 0.29) is 35.3 Å². The molecule has 0 saturated carbocycles. The molecule has 130 valence electrons. The van der Waals surface area contributed by atoms with E-state index in [2.05, 4.69) is 20.3 Å². The van der Waals surface area contributed by atoms with Crippen LogP contribution in [0, 0.1) is 6.92 Å². The second-order valence-electron chi connectivity index (χ2n) is 5.09. The molecule has 0 radical (unpaired) electrons. The van der Waals surface area contributed by atoms with Crippen LogP contribution in [0.5, 0.6) is 5.75 Å². The monoisotopic (exact) mass is 361 g/mol. The smallest absolute Gasteiger partial charge is 0.416 e. The number of ether oxygens (including phenoxy) is 1. The fourth-order valence-corrected chi connectivity index (χ4v) is 2.09. The summed E-state index contributed by atoms with van der Waals surface area (Å²) in [6.45, 7) is 3.49. The molecule has 3 N–H and O–H groups in total. The Bertz CT molecular complexity index is 706. The molecule has 6 nitrogen and oxygen atoms in total. The van der Waals surface area contributed by atoms with E-state index in [0.717, 1.165) is 12.1 Å². The molecule has 1 aromatic heterocycles. The van der Waals surface area contributed by atoms with Gasteiger partial charge in [0.15, 0.2) is 0 Å². The van der Waals surface area contributed by atoms with E-state index in [1.165, 1.54) is 6.07 Å². The van der Waals surface area contributed by atoms with Crippen LogP contribution in [0.15, 0.2) is 18.2 Å². The lowest BCUT2D eigenvalue weighted by atomic mass is 10.2. The Morgan fingerprint density at radius 1 is 1.25 bits per heavy atom. The molecule has 0 bridgehead atoms. The zero-order valence-electron chi connectivity index (χ0n) is 12.9. The summed E-state index contributed by atoms with van der Waals surface area (Å²) in [4.78, 5) is 11.8. The number of nitrogens with zero attached hydrogens (tertiary/aromatic N) is 3. The topological polar surface area (TPSA) is 86.0 Å². The Kier molecular flexibility index (Phi) is 5.33. The SMILES string of the molecule is Cc1nc(N)nc(NC(C)COc2cc(Cl)cc(C(F)(F)F)c2)n1. The van der Waals surface area contributed by atoms with Gasteiger partial charge in [0.05, 0.1) is 11.6 Å². The van der Waals surface area contributed by atoms with Crippen molar-refractivity contribution in [1.29, 1.82) is 0 Å². The standard InChI is InChI=1S/C14H15ClF3N5O/c1-7(20-13-22-8(2)21-12(19)23-13)6-24-11-4-9(14(16,17)18)3-10(15)5-11/h3-5,7H,6H2,1-2H3,(H3,19,20,21,22,23). The first-order chi connectivity index (χ1) is 11.1. The number of benzene rings is 1. The van der Waals surface area contributed by atoms with Gasteiger partial charge < -0.3 is 15.8 Å². The van der Waals surface area contributed by atoms with E-state index in [1.54, 1.807) is 13.8 Å². The largest absolute Gasteiger partial charge is 0.491 e. The van der Waals surface area contributed by atoms with E-state index in [1.807, 2.05) is 0 Å². The van der Waals surface area contributed by atoms with E-state index in [0.29, 0.717) is 5.82 Å². The number of aryl methyl sites for hydroxylation is 1. The minimum Gasteiger partial charge on any atom is -0.491 e. The summed E-state index contributed by atoms with van der Waals surface area (Å²) in [5.41, 5.74) is 4.65. The van der Waals surface area contributed by atoms with Crippen LogP contribution in [-0.2, 0) is 6.18 Å². The lowest BCUT2D eigenvalue weighted by molar-refractivity contribution is -0.137. The van der Waals surface area contributed by atoms with E-state index < -0.39 is 11.7 Å². The summed E-state index contributed by atoms with van der Waals surface area (Å²) in [6, 6.07) is 2.75. The summed E-state index contributed by atoms with van der Waals surface area (Å²) >= 11 is 5.70. The Morgan fingerprint density at radius 3 is 2.58 bits per heavy atom. The third kappa shape index (κ3) is 5.12. The lowest BCUT2D eigenvalue weighted by Crippen LogP contribution is -2.25. The van der Waals surface area contributed by atoms with Gasteiger partial charge in [0.2, 0.25) is 11.9 Å². The van der Waals surface area contributed by atoms with Gasteiger partial charge in [-0.25, -0.2) is 0 Å². The number of hydrogen-bond donors (Lipinski definition) is 2. The first-order valence-corrected chi connectivity index (χ1v) is 7.26. The molecule has 0 amide bonds. The molecule has 1 unspecified atom stereocenters. The van der Waals surface area contributed by atoms with Crippen LogP contribution in [-0.4, -0.2) is 27.6 Å². The zero-order chi connectivity index (χ0) is 17.9. The molecular formula is C14H15ClF3N5O. The van der Waals surface area contributed by atoms with Gasteiger partial charge >= 0.3 is 6.18 Å². The molecule has 2 aromatic rings. The van der Waals surface area contributed by atoms with Gasteiger partial charge in [-0.1, -0.05) is 11.6 Å². The highest BCUT2D eigenvalue weighted by Gasteiger charge is 2.31. The third-order valence-corrected chi connectivity index (χ3v) is 3.06. The second-order valence-corrected chi connectivity index (χ2v) is 5.53. The summed E-state index contributed by atoms with van der Waals surface area (Å²) < 4.78 is 43.6. The molecule has 1 aromatic carbocycles. The Hall–Kier alpha value is -2.29. The summed E-state index contributed by atoms with van der Waals surface area (Å²) in [5, 5.41) is 2.88. The molecule has 0 aliphatic heterocycles. The van der Waals surface area contributed by atoms with Gasteiger partial charge in [-0.05, 0) is 32.0 Å². The first kappa shape index (κ1) is 18.1. The van der Waals surface area contributed by atoms with Crippen molar-refractivity contribution in [2.24, 2.45) is 0 Å². The number of aromatic nitrogens is 3. The lowest BCUT2D eigenvalue weighted by Gasteiger charge is -2.16. The summed E-state index contributed by atoms with van der Waals surface area (Å²) in [7, 11) is 0. The van der Waals surface area contributed by atoms with Gasteiger partial charge in [-0.15, -0.1) is 0 Å². The molecule has 10 heteroatoms. The van der Waals surface area contributed by atoms with Gasteiger partial charge in [0, 0.05) is 5.02 Å². The molecule has 0 aliphatic carbocycles. The summed E-state index contributed by atoms with van der Waals surface area (Å²) in [5.74, 6) is 0.804. The molecule has 2 rings (SSSR count). The number of halogens is 4. The number of rotatable bonds is 5. The average molecular weight is 362 g/mol. The highest BCUT2D eigenvalue weighted by molar-refractivity contribution is 6.30. The van der Waals surface area contributed by atoms with Crippen molar-refractivity contribution < 1.29 is 17.9 Å². The molecule has 1 heterocycles. The number of nitrogens with two attached hydrogens (primary N) is 1. The van der Waals surface area contributed by atoms with Crippen molar-refractivity contribution in [3.8, 4) is 5.75 Å². The van der Waals surface area contributed by atoms with Gasteiger partial charge in [-0.3, -0.25) is 0 Å². The van der Waals surface area contributed by atoms with Gasteiger partial charge in [0.1, 0.15) is 18.2 Å². The van der Waals surface area contributed by atoms with Crippen LogP contribution >= 0.6 is 11.6 Å². The Labute approximate surface area is 141 Å². The van der Waals surface area contributed by atoms with E-state index in [9.17, 15) is 13.2 Å². The molecular weight excluding hydrogens is 347 g/mol. The van der Waals surface area contributed by atoms with Crippen LogP contribution < -0.4 is 15.8 Å². The van der Waals surface area contributed by atoms with Gasteiger partial charge in [-0.2, -0.15) is 28.1 Å². The third-order valence-electron chi connectivity index (χ3n) is 2.84.